The fraction of sp³-hybridized carbons (Fsp3) is 0.653. The topological polar surface area (TPSA) is 601 Å². The number of rotatable bonds is 16. The lowest BCUT2D eigenvalue weighted by Crippen LogP contribution is -2.56. The van der Waals surface area contributed by atoms with E-state index < -0.39 is 235 Å². The van der Waals surface area contributed by atoms with Gasteiger partial charge in [-0.15, -0.1) is 0 Å². The first kappa shape index (κ1) is 78.9. The van der Waals surface area contributed by atoms with Crippen LogP contribution in [0.2, 0.25) is 0 Å². The van der Waals surface area contributed by atoms with Gasteiger partial charge in [-0.3, -0.25) is 80.0 Å². The van der Waals surface area contributed by atoms with Crippen molar-refractivity contribution in [1.82, 2.24) is 38.2 Å². The fourth-order valence-electron chi connectivity index (χ4n) is 10.8. The molecule has 0 aromatic carbocycles. The maximum absolute atomic E-state index is 14.0. The maximum atomic E-state index is 14.0. The summed E-state index contributed by atoms with van der Waals surface area (Å²) in [6.45, 7) is -1.62. The molecular weight excluding hydrogens is 1410 g/mol. The molecule has 550 valence electrons. The number of hydrogen-bond acceptors (Lipinski definition) is 31. The molecule has 2 unspecified atom stereocenters. The van der Waals surface area contributed by atoms with E-state index in [1.165, 1.54) is 13.8 Å². The Morgan fingerprint density at radius 2 is 0.959 bits per heavy atom. The Labute approximate surface area is 542 Å². The van der Waals surface area contributed by atoms with Gasteiger partial charge in [-0.05, 0) is 41.5 Å². The van der Waals surface area contributed by atoms with E-state index in [2.05, 4.69) is 13.8 Å². The first-order chi connectivity index (χ1) is 45.2. The van der Waals surface area contributed by atoms with Crippen molar-refractivity contribution in [2.75, 3.05) is 59.9 Å². The van der Waals surface area contributed by atoms with Gasteiger partial charge >= 0.3 is 52.4 Å². The van der Waals surface area contributed by atoms with Crippen LogP contribution in [0, 0.1) is 0 Å². The minimum atomic E-state index is -5.01. The first-order valence-electron chi connectivity index (χ1n) is 28.1. The van der Waals surface area contributed by atoms with Gasteiger partial charge in [0.1, 0.15) is 73.5 Å². The summed E-state index contributed by atoms with van der Waals surface area (Å²) < 4.78 is 152. The van der Waals surface area contributed by atoms with Gasteiger partial charge in [0, 0.05) is 49.1 Å². The highest BCUT2D eigenvalue weighted by atomic mass is 31.2. The third kappa shape index (κ3) is 15.9. The number of aliphatic hydroxyl groups excluding tert-OH is 3. The quantitative estimate of drug-likeness (QED) is 0.0218. The fourth-order valence-corrected chi connectivity index (χ4v) is 13.8. The molecule has 98 heavy (non-hydrogen) atoms. The number of carbonyl (C=O) groups is 1. The summed E-state index contributed by atoms with van der Waals surface area (Å²) in [7, 11) is -13.9. The maximum Gasteiger partial charge on any atom is 0.510 e. The van der Waals surface area contributed by atoms with E-state index in [9.17, 15) is 115 Å². The Hall–Kier alpha value is -6.40. The second-order valence-corrected chi connectivity index (χ2v) is 27.9. The number of nitrogens with one attached hydrogen (secondary N) is 4. The lowest BCUT2D eigenvalue weighted by Gasteiger charge is -2.40. The van der Waals surface area contributed by atoms with Crippen LogP contribution < -0.4 is 45.0 Å². The second-order valence-electron chi connectivity index (χ2n) is 23.6. The molecule has 0 radical (unpaired) electrons. The van der Waals surface area contributed by atoms with E-state index in [1.807, 2.05) is 19.9 Å². The van der Waals surface area contributed by atoms with Gasteiger partial charge in [0.25, 0.3) is 22.2 Å². The zero-order valence-corrected chi connectivity index (χ0v) is 54.3. The van der Waals surface area contributed by atoms with Crippen LogP contribution in [0.3, 0.4) is 0 Å². The van der Waals surface area contributed by atoms with Gasteiger partial charge in [-0.2, -0.15) is 0 Å². The molecule has 10 heterocycles. The normalized spacial score (nSPS) is 37.1. The molecule has 4 aromatic heterocycles. The number of aliphatic hydroxyl groups is 7. The monoisotopic (exact) mass is 1480 g/mol. The highest BCUT2D eigenvalue weighted by Gasteiger charge is 2.70. The molecule has 0 spiro atoms. The number of aromatic amines is 4. The molecule has 49 heteroatoms. The largest absolute Gasteiger partial charge is 0.510 e. The molecule has 6 aliphatic rings. The molecule has 6 fully saturated rings. The van der Waals surface area contributed by atoms with Crippen molar-refractivity contribution in [3.8, 4) is 0 Å². The van der Waals surface area contributed by atoms with Crippen molar-refractivity contribution >= 4 is 29.6 Å². The minimum Gasteiger partial charge on any atom is -0.432 e. The average Bonchev–Trinajstić information content (AvgIpc) is 1.57. The van der Waals surface area contributed by atoms with Crippen molar-refractivity contribution in [2.45, 2.75) is 142 Å². The number of H-pyrrole nitrogens is 4. The van der Waals surface area contributed by atoms with Crippen LogP contribution in [0.15, 0.2) is 87.4 Å². The summed E-state index contributed by atoms with van der Waals surface area (Å²) in [6, 6.07) is 3.97. The third-order valence-electron chi connectivity index (χ3n) is 15.7. The zero-order chi connectivity index (χ0) is 73.5. The van der Waals surface area contributed by atoms with Crippen molar-refractivity contribution in [3.05, 3.63) is 132 Å². The van der Waals surface area contributed by atoms with Crippen molar-refractivity contribution < 1.29 is 142 Å². The molecule has 0 saturated carbocycles. The first-order valence-corrected chi connectivity index (χ1v) is 32.6. The van der Waals surface area contributed by atoms with Crippen LogP contribution in [-0.2, 0) is 69.3 Å². The molecule has 18 atom stereocenters. The smallest absolute Gasteiger partial charge is 0.432 e. The summed E-state index contributed by atoms with van der Waals surface area (Å²) in [6.07, 6.45) is -10.4. The molecular formula is C49H67F4N8O34P3. The number of ether oxygens (including phenoxy) is 6. The SMILES string of the molecule is CC(C)OC(=O)OCOP1(=O)OC[C@@]2(CF)O[C@@H](n3ccc(=O)[nH]c3=O)[C@](C)(O)[C@@H]2O1.C[C@@]1(O)[C@@H]2OP(=O)(O)OC[C@@]2(CF)O[C@H]1n1ccc(=O)[nH]c1=O.C[C@@]1(O)[C@H](O)[C@@](CF)(COP(=O)(O)O)O[C@H]1n1ccc(=O)[nH]c1=O.C[C@@]1(O)[C@H](O)[C@](CO)(CF)O[C@H]1n1ccc(=O)[nH]c1=O. The Balaban J connectivity index is 0.000000186. The molecule has 0 aliphatic carbocycles. The average molecular weight is 1480 g/mol. The molecule has 6 aliphatic heterocycles. The highest BCUT2D eigenvalue weighted by Crippen LogP contribution is 2.62. The molecule has 4 aromatic rings. The predicted octanol–water partition coefficient (Wildman–Crippen LogP) is -4.50. The molecule has 6 saturated heterocycles. The Kier molecular flexibility index (Phi) is 23.3. The van der Waals surface area contributed by atoms with Gasteiger partial charge in [0.15, 0.2) is 47.3 Å². The molecule has 10 rings (SSSR count). The van der Waals surface area contributed by atoms with Crippen LogP contribution in [-0.4, -0.2) is 230 Å². The number of carbonyl (C=O) groups excluding carboxylic acids is 1. The number of hydrogen-bond donors (Lipinski definition) is 14. The van der Waals surface area contributed by atoms with Crippen LogP contribution in [0.25, 0.3) is 0 Å². The third-order valence-corrected chi connectivity index (χ3v) is 18.4. The van der Waals surface area contributed by atoms with Crippen molar-refractivity contribution in [2.24, 2.45) is 0 Å². The number of halogens is 4. The number of phosphoric ester groups is 3. The lowest BCUT2D eigenvalue weighted by atomic mass is 9.88. The van der Waals surface area contributed by atoms with Gasteiger partial charge in [-0.1, -0.05) is 0 Å². The number of aromatic nitrogens is 8. The summed E-state index contributed by atoms with van der Waals surface area (Å²) >= 11 is 0. The van der Waals surface area contributed by atoms with Gasteiger partial charge in [0.2, 0.25) is 6.79 Å². The van der Waals surface area contributed by atoms with Crippen LogP contribution >= 0.6 is 23.5 Å². The van der Waals surface area contributed by atoms with E-state index in [-0.39, 0.29) is 0 Å². The van der Waals surface area contributed by atoms with E-state index in [0.29, 0.717) is 4.57 Å². The molecule has 14 N–H and O–H groups in total. The summed E-state index contributed by atoms with van der Waals surface area (Å²) in [4.78, 5) is 138. The van der Waals surface area contributed by atoms with Crippen molar-refractivity contribution in [3.63, 3.8) is 0 Å². The second kappa shape index (κ2) is 28.9. The number of phosphoric acid groups is 3. The van der Waals surface area contributed by atoms with Gasteiger partial charge < -0.3 is 78.8 Å². The number of nitrogens with zero attached hydrogens (tertiary/aromatic N) is 4. The van der Waals surface area contributed by atoms with Crippen LogP contribution in [0.4, 0.5) is 22.4 Å². The lowest BCUT2D eigenvalue weighted by molar-refractivity contribution is -0.159. The predicted molar refractivity (Wildman–Crippen MR) is 308 cm³/mol. The highest BCUT2D eigenvalue weighted by molar-refractivity contribution is 7.48. The van der Waals surface area contributed by atoms with Crippen LogP contribution in [0.1, 0.15) is 66.5 Å². The Morgan fingerprint density at radius 3 is 1.30 bits per heavy atom. The Bertz CT molecular complexity index is 4210. The number of fused-ring (bicyclic) bond motifs is 2. The van der Waals surface area contributed by atoms with E-state index in [4.69, 9.17) is 51.6 Å². The zero-order valence-electron chi connectivity index (χ0n) is 51.6. The molecule has 42 nitrogen and oxygen atoms in total. The van der Waals surface area contributed by atoms with E-state index in [0.717, 1.165) is 76.6 Å². The number of alkyl halides is 4. The summed E-state index contributed by atoms with van der Waals surface area (Å²) in [5.74, 6) is 0. The van der Waals surface area contributed by atoms with E-state index >= 15 is 0 Å². The Morgan fingerprint density at radius 1 is 0.602 bits per heavy atom. The minimum absolute atomic E-state index is 0.463. The van der Waals surface area contributed by atoms with Gasteiger partial charge in [0.05, 0.1) is 32.5 Å². The summed E-state index contributed by atoms with van der Waals surface area (Å²) in [5, 5.41) is 71.8. The summed E-state index contributed by atoms with van der Waals surface area (Å²) in [5.41, 5.74) is -23.0. The standard InChI is InChI=1S/C16H22FN2O11P.C11H16FN2O9P.C11H14FN2O8P.C11H15FN2O6/c1-9(2)28-14(22)25-8-27-31(24)26-7-16(6-17)11(30-31)15(3,23)12(29-16)19-5-4-10(20)18-13(19)21;1-10(18)7(16)11(4-12,5-22-24(19,20)21)23-8(10)14-3-2-6(15)13-9(14)17;1-10(17)7-11(4-12,5-20-23(18,19)22-7)21-8(10)14-3-2-6(15)13-9(14)16;1-10(19)7(17)11(4-12,5-15)20-8(10)14-3-2-6(16)13-9(14)18/h4-5,9,11-12,23H,6-8H2,1-3H3,(H,18,20,21);2-3,7-8,16,18H,4-5H2,1H3,(H,13,15,17)(H2,19,20,21);2-3,7-8,17H,4-5H2,1H3,(H,18,19)(H,13,15,16);2-3,7-8,15,17,19H,4-5H2,1H3,(H,13,16,18)/t11-,12+,15+,16+,31?;3*7-,8+,10+,11+/m0000/s1. The van der Waals surface area contributed by atoms with Gasteiger partial charge in [-0.25, -0.2) is 59.8 Å². The van der Waals surface area contributed by atoms with E-state index in [1.54, 1.807) is 13.8 Å². The van der Waals surface area contributed by atoms with Crippen LogP contribution in [0.5, 0.6) is 0 Å². The molecule has 0 bridgehead atoms. The molecule has 0 amide bonds. The van der Waals surface area contributed by atoms with Crippen molar-refractivity contribution in [1.29, 1.82) is 0 Å².